The molecule has 0 saturated carbocycles. The molecule has 0 radical (unpaired) electrons. The van der Waals surface area contributed by atoms with E-state index in [1.807, 2.05) is 82.1 Å². The molecule has 154 valence electrons. The van der Waals surface area contributed by atoms with Crippen LogP contribution in [-0.4, -0.2) is 31.4 Å². The van der Waals surface area contributed by atoms with Crippen molar-refractivity contribution in [1.29, 1.82) is 0 Å². The zero-order chi connectivity index (χ0) is 21.8. The molecule has 28 heavy (non-hydrogen) atoms. The van der Waals surface area contributed by atoms with Gasteiger partial charge in [0.1, 0.15) is 6.54 Å². The predicted octanol–water partition coefficient (Wildman–Crippen LogP) is 5.97. The van der Waals surface area contributed by atoms with E-state index in [1.165, 1.54) is 18.1 Å². The second-order valence-corrected chi connectivity index (χ2v) is 4.58. The van der Waals surface area contributed by atoms with Gasteiger partial charge in [-0.3, -0.25) is 14.5 Å². The Balaban J connectivity index is 0. The Morgan fingerprint density at radius 3 is 1.82 bits per heavy atom. The van der Waals surface area contributed by atoms with E-state index in [-0.39, 0.29) is 12.5 Å². The fraction of sp³-hybridized carbons (Fsp3) is 0.304. The minimum Gasteiger partial charge on any atom is -0.468 e. The van der Waals surface area contributed by atoms with Gasteiger partial charge in [0.05, 0.1) is 7.11 Å². The number of nitrogens with zero attached hydrogens (tertiary/aromatic N) is 1. The lowest BCUT2D eigenvalue weighted by atomic mass is 10.2. The predicted molar refractivity (Wildman–Crippen MR) is 124 cm³/mol. The molecule has 0 atom stereocenters. The van der Waals surface area contributed by atoms with Gasteiger partial charge in [-0.1, -0.05) is 92.2 Å². The molecule has 0 fully saturated rings. The molecule has 0 aliphatic rings. The number of hydrogen-bond acceptors (Lipinski definition) is 3. The van der Waals surface area contributed by atoms with Crippen molar-refractivity contribution in [2.45, 2.75) is 27.7 Å². The molecular formula is C23H32BrNO3. The van der Waals surface area contributed by atoms with Crippen molar-refractivity contribution in [3.05, 3.63) is 72.3 Å². The SMILES string of the molecule is CBr.CC.CC.COC(=O)CN(C(=O)/C=C/c1ccccc1)c1ccccc1. The van der Waals surface area contributed by atoms with Crippen LogP contribution in [0.25, 0.3) is 6.08 Å². The number of benzene rings is 2. The standard InChI is InChI=1S/C18H17NO3.2C2H6.CH3Br/c1-22-18(21)14-19(16-10-6-3-7-11-16)17(20)13-12-15-8-4-2-5-9-15;3*1-2/h2-13H,14H2,1H3;2*1-2H3;1H3/b13-12+;;;. The third kappa shape index (κ3) is 11.3. The lowest BCUT2D eigenvalue weighted by molar-refractivity contribution is -0.139. The molecule has 1 amide bonds. The fourth-order valence-electron chi connectivity index (χ4n) is 1.92. The van der Waals surface area contributed by atoms with E-state index in [0.717, 1.165) is 5.56 Å². The summed E-state index contributed by atoms with van der Waals surface area (Å²) in [6.45, 7) is 7.87. The monoisotopic (exact) mass is 449 g/mol. The molecule has 0 aliphatic heterocycles. The van der Waals surface area contributed by atoms with Gasteiger partial charge >= 0.3 is 5.97 Å². The zero-order valence-electron chi connectivity index (χ0n) is 17.7. The first-order chi connectivity index (χ1) is 13.7. The number of carbonyl (C=O) groups is 2. The third-order valence-corrected chi connectivity index (χ3v) is 3.07. The van der Waals surface area contributed by atoms with Crippen LogP contribution in [0.5, 0.6) is 0 Å². The van der Waals surface area contributed by atoms with Crippen LogP contribution in [0.4, 0.5) is 5.69 Å². The molecule has 0 N–H and O–H groups in total. The van der Waals surface area contributed by atoms with Crippen LogP contribution in [0, 0.1) is 0 Å². The number of alkyl halides is 1. The molecule has 2 aromatic carbocycles. The van der Waals surface area contributed by atoms with Gasteiger partial charge in [-0.2, -0.15) is 0 Å². The number of carbonyl (C=O) groups excluding carboxylic acids is 2. The van der Waals surface area contributed by atoms with Gasteiger partial charge in [0.15, 0.2) is 0 Å². The zero-order valence-corrected chi connectivity index (χ0v) is 19.3. The van der Waals surface area contributed by atoms with Crippen molar-refractivity contribution < 1.29 is 14.3 Å². The first kappa shape index (κ1) is 27.8. The molecule has 0 unspecified atom stereocenters. The minimum absolute atomic E-state index is 0.127. The highest BCUT2D eigenvalue weighted by molar-refractivity contribution is 9.08. The molecule has 0 bridgehead atoms. The fourth-order valence-corrected chi connectivity index (χ4v) is 1.92. The largest absolute Gasteiger partial charge is 0.468 e. The number of amides is 1. The summed E-state index contributed by atoms with van der Waals surface area (Å²) in [5.74, 6) is 1.07. The summed E-state index contributed by atoms with van der Waals surface area (Å²) in [5.41, 5.74) is 1.57. The van der Waals surface area contributed by atoms with E-state index in [0.29, 0.717) is 5.69 Å². The highest BCUT2D eigenvalue weighted by Crippen LogP contribution is 2.14. The van der Waals surface area contributed by atoms with Crippen molar-refractivity contribution in [1.82, 2.24) is 0 Å². The van der Waals surface area contributed by atoms with Gasteiger partial charge in [-0.15, -0.1) is 0 Å². The van der Waals surface area contributed by atoms with E-state index in [1.54, 1.807) is 18.2 Å². The number of rotatable bonds is 5. The van der Waals surface area contributed by atoms with Crippen molar-refractivity contribution in [2.75, 3.05) is 24.4 Å². The molecular weight excluding hydrogens is 418 g/mol. The van der Waals surface area contributed by atoms with Crippen LogP contribution < -0.4 is 4.90 Å². The van der Waals surface area contributed by atoms with Crippen LogP contribution >= 0.6 is 15.9 Å². The number of anilines is 1. The van der Waals surface area contributed by atoms with E-state index < -0.39 is 5.97 Å². The number of ether oxygens (including phenoxy) is 1. The number of halogens is 1. The Kier molecular flexibility index (Phi) is 19.2. The topological polar surface area (TPSA) is 46.6 Å². The van der Waals surface area contributed by atoms with Crippen LogP contribution in [0.3, 0.4) is 0 Å². The van der Waals surface area contributed by atoms with Gasteiger partial charge in [-0.05, 0) is 29.6 Å². The molecule has 2 aromatic rings. The minimum atomic E-state index is -0.467. The Hall–Kier alpha value is -2.40. The van der Waals surface area contributed by atoms with Crippen molar-refractivity contribution in [3.8, 4) is 0 Å². The van der Waals surface area contributed by atoms with Crippen LogP contribution in [0.15, 0.2) is 66.7 Å². The smallest absolute Gasteiger partial charge is 0.325 e. The van der Waals surface area contributed by atoms with Gasteiger partial charge in [0, 0.05) is 11.8 Å². The molecule has 0 spiro atoms. The van der Waals surface area contributed by atoms with Crippen LogP contribution in [0.1, 0.15) is 33.3 Å². The Labute approximate surface area is 178 Å². The summed E-state index contributed by atoms with van der Waals surface area (Å²) in [7, 11) is 1.30. The van der Waals surface area contributed by atoms with E-state index in [4.69, 9.17) is 0 Å². The number of methoxy groups -OCH3 is 1. The van der Waals surface area contributed by atoms with Crippen molar-refractivity contribution >= 4 is 39.6 Å². The maximum Gasteiger partial charge on any atom is 0.325 e. The second kappa shape index (κ2) is 19.4. The van der Waals surface area contributed by atoms with Crippen molar-refractivity contribution in [3.63, 3.8) is 0 Å². The average molecular weight is 450 g/mol. The summed E-state index contributed by atoms with van der Waals surface area (Å²) in [4.78, 5) is 25.3. The molecule has 5 heteroatoms. The van der Waals surface area contributed by atoms with Gasteiger partial charge < -0.3 is 4.74 Å². The first-order valence-corrected chi connectivity index (χ1v) is 10.8. The molecule has 0 aliphatic carbocycles. The number of hydrogen-bond donors (Lipinski definition) is 0. The Morgan fingerprint density at radius 1 is 0.893 bits per heavy atom. The van der Waals surface area contributed by atoms with Gasteiger partial charge in [0.2, 0.25) is 0 Å². The summed E-state index contributed by atoms with van der Waals surface area (Å²) in [5, 5.41) is 0. The molecule has 4 nitrogen and oxygen atoms in total. The highest BCUT2D eigenvalue weighted by atomic mass is 79.9. The van der Waals surface area contributed by atoms with E-state index in [9.17, 15) is 9.59 Å². The van der Waals surface area contributed by atoms with Gasteiger partial charge in [0.25, 0.3) is 5.91 Å². The summed E-state index contributed by atoms with van der Waals surface area (Å²) < 4.78 is 4.66. The molecule has 0 heterocycles. The quantitative estimate of drug-likeness (QED) is 0.320. The van der Waals surface area contributed by atoms with Crippen molar-refractivity contribution in [2.24, 2.45) is 0 Å². The lowest BCUT2D eigenvalue weighted by Gasteiger charge is -2.19. The van der Waals surface area contributed by atoms with Crippen LogP contribution in [0.2, 0.25) is 0 Å². The molecule has 2 rings (SSSR count). The third-order valence-electron chi connectivity index (χ3n) is 3.07. The maximum absolute atomic E-state index is 12.4. The molecule has 0 aromatic heterocycles. The Bertz CT molecular complexity index is 658. The molecule has 0 saturated heterocycles. The lowest BCUT2D eigenvalue weighted by Crippen LogP contribution is -2.35. The number of esters is 1. The van der Waals surface area contributed by atoms with E-state index in [2.05, 4.69) is 20.7 Å². The Morgan fingerprint density at radius 2 is 1.36 bits per heavy atom. The second-order valence-electron chi connectivity index (χ2n) is 4.58. The number of para-hydroxylation sites is 1. The van der Waals surface area contributed by atoms with Crippen LogP contribution in [-0.2, 0) is 14.3 Å². The normalized spacial score (nSPS) is 8.82. The highest BCUT2D eigenvalue weighted by Gasteiger charge is 2.17. The summed E-state index contributed by atoms with van der Waals surface area (Å²) in [6.07, 6.45) is 3.17. The first-order valence-electron chi connectivity index (χ1n) is 9.25. The van der Waals surface area contributed by atoms with Gasteiger partial charge in [-0.25, -0.2) is 0 Å². The summed E-state index contributed by atoms with van der Waals surface area (Å²) in [6, 6.07) is 18.5. The van der Waals surface area contributed by atoms with E-state index >= 15 is 0 Å². The summed E-state index contributed by atoms with van der Waals surface area (Å²) >= 11 is 2.94. The average Bonchev–Trinajstić information content (AvgIpc) is 2.81. The maximum atomic E-state index is 12.4.